The molecule has 1 N–H and O–H groups in total. The first kappa shape index (κ1) is 24.2. The standard InChI is InChI=1S/C22H22ClN5O4S3/c1-13-10-19(28(26-13)22-24-16-6-5-15(32-2)11-17(16)33-22)25-21(29)14-4-3-9-27(12-14)35(30,31)20-8-7-18(23)34-20/h5-8,10-11,14H,3-4,9,12H2,1-2H3,(H,25,29). The van der Waals surface area contributed by atoms with Crippen molar-refractivity contribution in [3.63, 3.8) is 0 Å². The van der Waals surface area contributed by atoms with Crippen LogP contribution < -0.4 is 10.1 Å². The monoisotopic (exact) mass is 551 g/mol. The molecule has 0 radical (unpaired) electrons. The summed E-state index contributed by atoms with van der Waals surface area (Å²) in [6, 6.07) is 10.5. The molecule has 1 saturated heterocycles. The van der Waals surface area contributed by atoms with Crippen LogP contribution in [-0.4, -0.2) is 53.6 Å². The Hall–Kier alpha value is -2.51. The first-order chi connectivity index (χ1) is 16.7. The lowest BCUT2D eigenvalue weighted by atomic mass is 9.99. The topological polar surface area (TPSA) is 106 Å². The molecule has 4 heterocycles. The normalized spacial score (nSPS) is 17.1. The number of thiophene rings is 1. The lowest BCUT2D eigenvalue weighted by Crippen LogP contribution is -2.43. The lowest BCUT2D eigenvalue weighted by Gasteiger charge is -2.30. The van der Waals surface area contributed by atoms with Gasteiger partial charge in [-0.2, -0.15) is 14.1 Å². The number of aromatic nitrogens is 3. The smallest absolute Gasteiger partial charge is 0.252 e. The molecule has 3 aromatic heterocycles. The summed E-state index contributed by atoms with van der Waals surface area (Å²) in [6.07, 6.45) is 1.19. The minimum absolute atomic E-state index is 0.109. The number of anilines is 1. The lowest BCUT2D eigenvalue weighted by molar-refractivity contribution is -0.120. The van der Waals surface area contributed by atoms with E-state index in [1.54, 1.807) is 23.9 Å². The molecule has 9 nitrogen and oxygen atoms in total. The Morgan fingerprint density at radius 2 is 2.06 bits per heavy atom. The maximum Gasteiger partial charge on any atom is 0.252 e. The molecule has 1 unspecified atom stereocenters. The Kier molecular flexibility index (Phi) is 6.57. The van der Waals surface area contributed by atoms with E-state index in [1.807, 2.05) is 25.1 Å². The first-order valence-corrected chi connectivity index (χ1v) is 14.3. The number of ether oxygens (including phenoxy) is 1. The molecule has 0 aliphatic carbocycles. The molecule has 5 rings (SSSR count). The van der Waals surface area contributed by atoms with Crippen LogP contribution >= 0.6 is 34.3 Å². The molecule has 0 spiro atoms. The highest BCUT2D eigenvalue weighted by atomic mass is 35.5. The van der Waals surface area contributed by atoms with Crippen molar-refractivity contribution in [1.82, 2.24) is 19.1 Å². The number of amides is 1. The van der Waals surface area contributed by atoms with Crippen LogP contribution in [0.2, 0.25) is 4.34 Å². The molecule has 1 aliphatic heterocycles. The van der Waals surface area contributed by atoms with Crippen LogP contribution in [0.25, 0.3) is 15.3 Å². The number of halogens is 1. The van der Waals surface area contributed by atoms with Gasteiger partial charge in [0.1, 0.15) is 15.8 Å². The van der Waals surface area contributed by atoms with E-state index < -0.39 is 15.9 Å². The van der Waals surface area contributed by atoms with E-state index in [2.05, 4.69) is 15.4 Å². The molecule has 184 valence electrons. The first-order valence-electron chi connectivity index (χ1n) is 10.8. The highest BCUT2D eigenvalue weighted by Gasteiger charge is 2.34. The third kappa shape index (κ3) is 4.81. The van der Waals surface area contributed by atoms with Gasteiger partial charge in [0.05, 0.1) is 33.3 Å². The summed E-state index contributed by atoms with van der Waals surface area (Å²) in [5.41, 5.74) is 1.53. The van der Waals surface area contributed by atoms with Crippen LogP contribution in [-0.2, 0) is 14.8 Å². The molecule has 0 saturated carbocycles. The second-order valence-electron chi connectivity index (χ2n) is 8.16. The van der Waals surface area contributed by atoms with Crippen LogP contribution in [0.3, 0.4) is 0 Å². The van der Waals surface area contributed by atoms with Crippen molar-refractivity contribution in [3.05, 3.63) is 46.4 Å². The fraction of sp³-hybridized carbons (Fsp3) is 0.318. The quantitative estimate of drug-likeness (QED) is 0.377. The van der Waals surface area contributed by atoms with Crippen molar-refractivity contribution in [2.24, 2.45) is 5.92 Å². The Morgan fingerprint density at radius 1 is 1.23 bits per heavy atom. The summed E-state index contributed by atoms with van der Waals surface area (Å²) >= 11 is 8.39. The van der Waals surface area contributed by atoms with Crippen molar-refractivity contribution in [3.8, 4) is 10.9 Å². The average Bonchev–Trinajstić information content (AvgIpc) is 3.56. The van der Waals surface area contributed by atoms with Gasteiger partial charge in [0.2, 0.25) is 11.0 Å². The summed E-state index contributed by atoms with van der Waals surface area (Å²) in [7, 11) is -2.08. The Balaban J connectivity index is 1.36. The van der Waals surface area contributed by atoms with E-state index in [4.69, 9.17) is 16.3 Å². The summed E-state index contributed by atoms with van der Waals surface area (Å²) < 4.78 is 35.8. The van der Waals surface area contributed by atoms with E-state index in [0.29, 0.717) is 34.7 Å². The number of nitrogens with zero attached hydrogens (tertiary/aromatic N) is 4. The largest absolute Gasteiger partial charge is 0.497 e. The molecule has 1 aliphatic rings. The number of hydrogen-bond acceptors (Lipinski definition) is 8. The minimum Gasteiger partial charge on any atom is -0.497 e. The molecule has 4 aromatic rings. The SMILES string of the molecule is COc1ccc2nc(-n3nc(C)cc3NC(=O)C3CCCN(S(=O)(=O)c4ccc(Cl)s4)C3)sc2c1. The number of thiazole rings is 1. The predicted octanol–water partition coefficient (Wildman–Crippen LogP) is 4.55. The number of hydrogen-bond donors (Lipinski definition) is 1. The number of sulfonamides is 1. The maximum atomic E-state index is 13.2. The van der Waals surface area contributed by atoms with Gasteiger partial charge in [0.25, 0.3) is 10.0 Å². The third-order valence-corrected chi connectivity index (χ3v) is 10.3. The summed E-state index contributed by atoms with van der Waals surface area (Å²) in [6.45, 7) is 2.31. The Labute approximate surface area is 215 Å². The molecular formula is C22H22ClN5O4S3. The molecule has 0 bridgehead atoms. The number of nitrogens with one attached hydrogen (secondary N) is 1. The minimum atomic E-state index is -3.70. The highest BCUT2D eigenvalue weighted by molar-refractivity contribution is 7.91. The van der Waals surface area contributed by atoms with Gasteiger partial charge in [0.15, 0.2) is 0 Å². The van der Waals surface area contributed by atoms with Gasteiger partial charge >= 0.3 is 0 Å². The van der Waals surface area contributed by atoms with E-state index in [0.717, 1.165) is 33.0 Å². The molecular weight excluding hydrogens is 530 g/mol. The van der Waals surface area contributed by atoms with Crippen molar-refractivity contribution in [2.45, 2.75) is 24.0 Å². The predicted molar refractivity (Wildman–Crippen MR) is 137 cm³/mol. The van der Waals surface area contributed by atoms with Crippen LogP contribution in [0.4, 0.5) is 5.82 Å². The second kappa shape index (κ2) is 9.51. The third-order valence-electron chi connectivity index (χ3n) is 5.75. The number of carbonyl (C=O) groups is 1. The van der Waals surface area contributed by atoms with E-state index >= 15 is 0 Å². The molecule has 13 heteroatoms. The van der Waals surface area contributed by atoms with Crippen LogP contribution in [0.1, 0.15) is 18.5 Å². The van der Waals surface area contributed by atoms with Gasteiger partial charge in [-0.25, -0.2) is 13.4 Å². The zero-order chi connectivity index (χ0) is 24.7. The number of rotatable bonds is 6. The van der Waals surface area contributed by atoms with Crippen molar-refractivity contribution < 1.29 is 17.9 Å². The van der Waals surface area contributed by atoms with E-state index in [1.165, 1.54) is 21.7 Å². The number of methoxy groups -OCH3 is 1. The van der Waals surface area contributed by atoms with Crippen LogP contribution in [0.15, 0.2) is 40.6 Å². The van der Waals surface area contributed by atoms with Gasteiger partial charge < -0.3 is 10.1 Å². The maximum absolute atomic E-state index is 13.2. The molecule has 35 heavy (non-hydrogen) atoms. The van der Waals surface area contributed by atoms with E-state index in [9.17, 15) is 13.2 Å². The average molecular weight is 552 g/mol. The number of benzene rings is 1. The number of fused-ring (bicyclic) bond motifs is 1. The zero-order valence-electron chi connectivity index (χ0n) is 18.9. The highest BCUT2D eigenvalue weighted by Crippen LogP contribution is 2.32. The van der Waals surface area contributed by atoms with E-state index in [-0.39, 0.29) is 16.7 Å². The Bertz CT molecular complexity index is 1510. The fourth-order valence-corrected chi connectivity index (χ4v) is 8.13. The van der Waals surface area contributed by atoms with Gasteiger partial charge in [0, 0.05) is 19.2 Å². The van der Waals surface area contributed by atoms with Gasteiger partial charge in [-0.05, 0) is 50.1 Å². The summed E-state index contributed by atoms with van der Waals surface area (Å²) in [5.74, 6) is 0.485. The molecule has 1 fully saturated rings. The van der Waals surface area contributed by atoms with Gasteiger partial charge in [-0.15, -0.1) is 11.3 Å². The molecule has 1 amide bonds. The van der Waals surface area contributed by atoms with Gasteiger partial charge in [-0.3, -0.25) is 4.79 Å². The van der Waals surface area contributed by atoms with Crippen LogP contribution in [0, 0.1) is 12.8 Å². The number of piperidine rings is 1. The number of carbonyl (C=O) groups excluding carboxylic acids is 1. The van der Waals surface area contributed by atoms with Crippen molar-refractivity contribution in [2.75, 3.05) is 25.5 Å². The fourth-order valence-electron chi connectivity index (χ4n) is 4.01. The van der Waals surface area contributed by atoms with Crippen molar-refractivity contribution >= 4 is 66.2 Å². The van der Waals surface area contributed by atoms with Gasteiger partial charge in [-0.1, -0.05) is 22.9 Å². The summed E-state index contributed by atoms with van der Waals surface area (Å²) in [5, 5.41) is 8.07. The zero-order valence-corrected chi connectivity index (χ0v) is 22.1. The molecule has 1 atom stereocenters. The molecule has 1 aromatic carbocycles. The second-order valence-corrected chi connectivity index (χ2v) is 13.1. The Morgan fingerprint density at radius 3 is 2.80 bits per heavy atom. The number of aryl methyl sites for hydroxylation is 1. The van der Waals surface area contributed by atoms with Crippen molar-refractivity contribution in [1.29, 1.82) is 0 Å². The summed E-state index contributed by atoms with van der Waals surface area (Å²) in [4.78, 5) is 17.9. The van der Waals surface area contributed by atoms with Crippen LogP contribution in [0.5, 0.6) is 5.75 Å².